The number of carbonyl (C=O) groups is 1. The van der Waals surface area contributed by atoms with E-state index >= 15 is 0 Å². The van der Waals surface area contributed by atoms with Crippen LogP contribution in [0.15, 0.2) is 11.1 Å². The average Bonchev–Trinajstić information content (AvgIpc) is 2.63. The number of carbonyl (C=O) groups excluding carboxylic acids is 1. The molecule has 3 nitrogen and oxygen atoms in total. The Hall–Kier alpha value is 0.0269. The van der Waals surface area contributed by atoms with E-state index in [9.17, 15) is 9.90 Å². The lowest BCUT2D eigenvalue weighted by Crippen LogP contribution is -2.48. The molecule has 0 spiro atoms. The zero-order valence-corrected chi connectivity index (χ0v) is 18.1. The van der Waals surface area contributed by atoms with E-state index < -0.39 is 19.8 Å². The molecular weight excluding hydrogens is 372 g/mol. The van der Waals surface area contributed by atoms with Crippen LogP contribution in [0, 0.1) is 5.41 Å². The molecule has 1 aliphatic carbocycles. The Labute approximate surface area is 151 Å². The van der Waals surface area contributed by atoms with Gasteiger partial charge in [0.05, 0.1) is 17.6 Å². The molecule has 134 valence electrons. The van der Waals surface area contributed by atoms with E-state index in [2.05, 4.69) is 56.4 Å². The van der Waals surface area contributed by atoms with Gasteiger partial charge < -0.3 is 9.53 Å². The average molecular weight is 405 g/mol. The minimum atomic E-state index is -1.91. The van der Waals surface area contributed by atoms with Gasteiger partial charge in [-0.15, -0.1) is 0 Å². The standard InChI is InChI=1S/C18H33BrO3Si/c1-13(19)12-14(20)10-11-18(5)15(21)8-9-16(18)22-23(6,7)17(2,3)4/h14,16,20H,1,8-12H2,2-7H3/t14-,16-,18+/m1/s1. The second-order valence-corrected chi connectivity index (χ2v) is 14.5. The molecule has 0 aromatic carbocycles. The van der Waals surface area contributed by atoms with Crippen molar-refractivity contribution in [3.8, 4) is 0 Å². The molecule has 0 unspecified atom stereocenters. The van der Waals surface area contributed by atoms with Crippen molar-refractivity contribution in [2.45, 2.75) is 90.1 Å². The topological polar surface area (TPSA) is 46.5 Å². The molecule has 1 rings (SSSR count). The van der Waals surface area contributed by atoms with E-state index in [1.165, 1.54) is 0 Å². The van der Waals surface area contributed by atoms with Gasteiger partial charge in [0.25, 0.3) is 0 Å². The van der Waals surface area contributed by atoms with Gasteiger partial charge in [0.15, 0.2) is 8.32 Å². The molecule has 0 radical (unpaired) electrons. The van der Waals surface area contributed by atoms with Gasteiger partial charge in [-0.05, 0) is 41.9 Å². The maximum absolute atomic E-state index is 12.5. The molecule has 3 atom stereocenters. The summed E-state index contributed by atoms with van der Waals surface area (Å²) in [5.74, 6) is 0.283. The lowest BCUT2D eigenvalue weighted by atomic mass is 9.80. The minimum Gasteiger partial charge on any atom is -0.413 e. The summed E-state index contributed by atoms with van der Waals surface area (Å²) in [5, 5.41) is 10.2. The van der Waals surface area contributed by atoms with Crippen LogP contribution in [-0.2, 0) is 9.22 Å². The molecular formula is C18H33BrO3Si. The van der Waals surface area contributed by atoms with Gasteiger partial charge >= 0.3 is 0 Å². The van der Waals surface area contributed by atoms with Crippen LogP contribution in [-0.4, -0.2) is 31.4 Å². The quantitative estimate of drug-likeness (QED) is 0.593. The number of hydrogen-bond acceptors (Lipinski definition) is 3. The number of rotatable bonds is 7. The van der Waals surface area contributed by atoms with E-state index in [4.69, 9.17) is 4.43 Å². The summed E-state index contributed by atoms with van der Waals surface area (Å²) in [7, 11) is -1.91. The van der Waals surface area contributed by atoms with Crippen molar-refractivity contribution in [1.29, 1.82) is 0 Å². The zero-order valence-electron chi connectivity index (χ0n) is 15.5. The first-order valence-corrected chi connectivity index (χ1v) is 12.2. The number of aliphatic hydroxyl groups excluding tert-OH is 1. The summed E-state index contributed by atoms with van der Waals surface area (Å²) >= 11 is 3.29. The molecule has 1 fully saturated rings. The first kappa shape index (κ1) is 21.1. The van der Waals surface area contributed by atoms with Gasteiger partial charge in [-0.3, -0.25) is 4.79 Å². The second kappa shape index (κ2) is 7.50. The predicted molar refractivity (Wildman–Crippen MR) is 102 cm³/mol. The van der Waals surface area contributed by atoms with Crippen molar-refractivity contribution in [3.05, 3.63) is 11.1 Å². The van der Waals surface area contributed by atoms with Gasteiger partial charge in [0.2, 0.25) is 0 Å². The van der Waals surface area contributed by atoms with Crippen molar-refractivity contribution in [1.82, 2.24) is 0 Å². The summed E-state index contributed by atoms with van der Waals surface area (Å²) in [5.41, 5.74) is -0.468. The van der Waals surface area contributed by atoms with Crippen molar-refractivity contribution >= 4 is 30.0 Å². The molecule has 0 aromatic heterocycles. The highest BCUT2D eigenvalue weighted by atomic mass is 79.9. The van der Waals surface area contributed by atoms with Crippen molar-refractivity contribution in [3.63, 3.8) is 0 Å². The highest BCUT2D eigenvalue weighted by molar-refractivity contribution is 9.11. The van der Waals surface area contributed by atoms with Gasteiger partial charge in [-0.2, -0.15) is 0 Å². The van der Waals surface area contributed by atoms with Gasteiger partial charge in [0, 0.05) is 12.8 Å². The van der Waals surface area contributed by atoms with E-state index in [0.717, 1.165) is 10.9 Å². The van der Waals surface area contributed by atoms with Gasteiger partial charge in [-0.1, -0.05) is 50.2 Å². The van der Waals surface area contributed by atoms with E-state index in [1.807, 2.05) is 6.92 Å². The largest absolute Gasteiger partial charge is 0.413 e. The fourth-order valence-corrected chi connectivity index (χ4v) is 4.71. The molecule has 1 saturated carbocycles. The smallest absolute Gasteiger partial charge is 0.192 e. The third-order valence-electron chi connectivity index (χ3n) is 5.68. The van der Waals surface area contributed by atoms with Crippen LogP contribution in [0.4, 0.5) is 0 Å². The first-order valence-electron chi connectivity index (χ1n) is 8.52. The Morgan fingerprint density at radius 1 is 1.52 bits per heavy atom. The van der Waals surface area contributed by atoms with Crippen LogP contribution >= 0.6 is 15.9 Å². The summed E-state index contributed by atoms with van der Waals surface area (Å²) in [6.45, 7) is 16.9. The number of hydrogen-bond donors (Lipinski definition) is 1. The lowest BCUT2D eigenvalue weighted by molar-refractivity contribution is -0.128. The Balaban J connectivity index is 2.80. The molecule has 5 heteroatoms. The zero-order chi connectivity index (χ0) is 18.1. The predicted octanol–water partition coefficient (Wildman–Crippen LogP) is 5.19. The SMILES string of the molecule is C=C(Br)C[C@H](O)CC[C@@]1(C)C(=O)CC[C@H]1O[Si](C)(C)C(C)(C)C. The summed E-state index contributed by atoms with van der Waals surface area (Å²) < 4.78 is 7.37. The number of aliphatic hydroxyl groups is 1. The van der Waals surface area contributed by atoms with Crippen LogP contribution in [0.5, 0.6) is 0 Å². The molecule has 0 aromatic rings. The lowest BCUT2D eigenvalue weighted by Gasteiger charge is -2.42. The first-order chi connectivity index (χ1) is 10.3. The summed E-state index contributed by atoms with van der Waals surface area (Å²) in [6, 6.07) is 0. The van der Waals surface area contributed by atoms with Gasteiger partial charge in [0.1, 0.15) is 5.78 Å². The van der Waals surface area contributed by atoms with E-state index in [-0.39, 0.29) is 16.9 Å². The van der Waals surface area contributed by atoms with E-state index in [1.54, 1.807) is 0 Å². The Kier molecular flexibility index (Phi) is 6.87. The Bertz CT molecular complexity index is 456. The van der Waals surface area contributed by atoms with Crippen LogP contribution in [0.2, 0.25) is 18.1 Å². The van der Waals surface area contributed by atoms with Gasteiger partial charge in [-0.25, -0.2) is 0 Å². The van der Waals surface area contributed by atoms with Crippen molar-refractivity contribution in [2.24, 2.45) is 5.41 Å². The van der Waals surface area contributed by atoms with Crippen LogP contribution in [0.25, 0.3) is 0 Å². The molecule has 23 heavy (non-hydrogen) atoms. The van der Waals surface area contributed by atoms with Crippen molar-refractivity contribution in [2.75, 3.05) is 0 Å². The number of ketones is 1. The maximum Gasteiger partial charge on any atom is 0.192 e. The second-order valence-electron chi connectivity index (χ2n) is 8.66. The fourth-order valence-electron chi connectivity index (χ4n) is 2.89. The van der Waals surface area contributed by atoms with Crippen LogP contribution < -0.4 is 0 Å². The van der Waals surface area contributed by atoms with Crippen LogP contribution in [0.3, 0.4) is 0 Å². The molecule has 0 bridgehead atoms. The fraction of sp³-hybridized carbons (Fsp3) is 0.833. The Morgan fingerprint density at radius 2 is 2.09 bits per heavy atom. The molecule has 1 aliphatic rings. The third kappa shape index (κ3) is 5.25. The maximum atomic E-state index is 12.5. The number of Topliss-reactive ketones (excluding diaryl/α,β-unsaturated/α-hetero) is 1. The van der Waals surface area contributed by atoms with Crippen molar-refractivity contribution < 1.29 is 14.3 Å². The molecule has 0 saturated heterocycles. The number of halogens is 1. The third-order valence-corrected chi connectivity index (χ3v) is 10.5. The van der Waals surface area contributed by atoms with E-state index in [0.29, 0.717) is 25.7 Å². The minimum absolute atomic E-state index is 0.0183. The van der Waals surface area contributed by atoms with Crippen LogP contribution in [0.1, 0.15) is 59.8 Å². The molecule has 1 N–H and O–H groups in total. The molecule has 0 aliphatic heterocycles. The molecule has 0 amide bonds. The molecule has 0 heterocycles. The Morgan fingerprint density at radius 3 is 2.57 bits per heavy atom. The highest BCUT2D eigenvalue weighted by Crippen LogP contribution is 2.46. The summed E-state index contributed by atoms with van der Waals surface area (Å²) in [4.78, 5) is 12.5. The summed E-state index contributed by atoms with van der Waals surface area (Å²) in [6.07, 6.45) is 2.73. The monoisotopic (exact) mass is 404 g/mol. The highest BCUT2D eigenvalue weighted by Gasteiger charge is 2.50. The normalized spacial score (nSPS) is 27.3.